The first-order valence-electron chi connectivity index (χ1n) is 25.7. The predicted molar refractivity (Wildman–Crippen MR) is 281 cm³/mol. The molecule has 0 spiro atoms. The molecule has 0 radical (unpaired) electrons. The molecule has 0 aliphatic rings. The lowest BCUT2D eigenvalue weighted by Gasteiger charge is -2.14. The Bertz CT molecular complexity index is 2830. The van der Waals surface area contributed by atoms with Crippen molar-refractivity contribution < 1.29 is 69.4 Å². The van der Waals surface area contributed by atoms with E-state index in [1.807, 2.05) is 0 Å². The SMILES string of the molecule is COc1cc(O)c2c(=O)cc(-c3cc(O)c(O)c(O)c3CCCCCCCCCCCCCO)oc2c1.COc1cc(O)c2c(=O)cc(-c3cc(O)c(O)c(O)c3CCCCCCCCCCCCO)oc2c1. The summed E-state index contributed by atoms with van der Waals surface area (Å²) in [7, 11) is 2.85. The zero-order valence-corrected chi connectivity index (χ0v) is 42.2. The fourth-order valence-electron chi connectivity index (χ4n) is 9.13. The van der Waals surface area contributed by atoms with Crippen molar-refractivity contribution in [3.63, 3.8) is 0 Å². The average Bonchev–Trinajstić information content (AvgIpc) is 3.37. The Hall–Kier alpha value is -6.78. The fraction of sp³-hybridized carbons (Fsp3) is 0.474. The summed E-state index contributed by atoms with van der Waals surface area (Å²) >= 11 is 0. The lowest BCUT2D eigenvalue weighted by Crippen LogP contribution is -2.02. The molecule has 6 aromatic rings. The lowest BCUT2D eigenvalue weighted by molar-refractivity contribution is 0.282. The molecule has 0 fully saturated rings. The van der Waals surface area contributed by atoms with E-state index in [0.29, 0.717) is 46.6 Å². The highest BCUT2D eigenvalue weighted by Crippen LogP contribution is 2.46. The second kappa shape index (κ2) is 29.1. The van der Waals surface area contributed by atoms with Gasteiger partial charge in [0.05, 0.1) is 14.2 Å². The maximum absolute atomic E-state index is 12.8. The summed E-state index contributed by atoms with van der Waals surface area (Å²) < 4.78 is 22.1. The first-order chi connectivity index (χ1) is 35.2. The molecule has 398 valence electrons. The first kappa shape index (κ1) is 57.1. The molecule has 0 saturated carbocycles. The summed E-state index contributed by atoms with van der Waals surface area (Å²) in [6.45, 7) is 0.543. The maximum Gasteiger partial charge on any atom is 0.200 e. The van der Waals surface area contributed by atoms with E-state index in [1.54, 1.807) is 0 Å². The van der Waals surface area contributed by atoms with Gasteiger partial charge in [-0.2, -0.15) is 0 Å². The summed E-state index contributed by atoms with van der Waals surface area (Å²) in [4.78, 5) is 25.5. The van der Waals surface area contributed by atoms with Crippen molar-refractivity contribution in [3.8, 4) is 80.1 Å². The van der Waals surface area contributed by atoms with Crippen molar-refractivity contribution in [2.75, 3.05) is 27.4 Å². The molecule has 73 heavy (non-hydrogen) atoms. The third-order valence-corrected chi connectivity index (χ3v) is 13.2. The summed E-state index contributed by atoms with van der Waals surface area (Å²) in [6.07, 6.45) is 23.1. The van der Waals surface area contributed by atoms with Gasteiger partial charge in [-0.15, -0.1) is 0 Å². The van der Waals surface area contributed by atoms with E-state index in [-0.39, 0.29) is 58.2 Å². The summed E-state index contributed by atoms with van der Waals surface area (Å²) in [6, 6.07) is 10.5. The quantitative estimate of drug-likeness (QED) is 0.0154. The van der Waals surface area contributed by atoms with Crippen LogP contribution < -0.4 is 20.3 Å². The van der Waals surface area contributed by atoms with Crippen LogP contribution in [0.15, 0.2) is 67.0 Å². The molecule has 4 aromatic carbocycles. The van der Waals surface area contributed by atoms with Crippen LogP contribution in [0, 0.1) is 0 Å². The predicted octanol–water partition coefficient (Wildman–Crippen LogP) is 11.8. The van der Waals surface area contributed by atoms with Crippen LogP contribution in [0.1, 0.15) is 146 Å². The fourth-order valence-corrected chi connectivity index (χ4v) is 9.13. The Morgan fingerprint density at radius 3 is 0.973 bits per heavy atom. The number of aliphatic hydroxyl groups is 2. The van der Waals surface area contributed by atoms with Crippen LogP contribution in [0.2, 0.25) is 0 Å². The molecule has 2 aromatic heterocycles. The van der Waals surface area contributed by atoms with E-state index in [1.165, 1.54) is 108 Å². The smallest absolute Gasteiger partial charge is 0.200 e. The third-order valence-electron chi connectivity index (χ3n) is 13.2. The van der Waals surface area contributed by atoms with Gasteiger partial charge in [0.1, 0.15) is 56.5 Å². The van der Waals surface area contributed by atoms with Gasteiger partial charge >= 0.3 is 0 Å². The van der Waals surface area contributed by atoms with E-state index in [9.17, 15) is 50.4 Å². The van der Waals surface area contributed by atoms with Crippen LogP contribution in [0.5, 0.6) is 57.5 Å². The average molecular weight is 1020 g/mol. The Labute approximate surface area is 425 Å². The van der Waals surface area contributed by atoms with E-state index < -0.39 is 45.4 Å². The van der Waals surface area contributed by atoms with Gasteiger partial charge in [-0.25, -0.2) is 0 Å². The number of unbranched alkanes of at least 4 members (excludes halogenated alkanes) is 19. The lowest BCUT2D eigenvalue weighted by atomic mass is 9.96. The number of methoxy groups -OCH3 is 2. The number of fused-ring (bicyclic) bond motifs is 2. The zero-order chi connectivity index (χ0) is 52.9. The van der Waals surface area contributed by atoms with Crippen LogP contribution in [0.3, 0.4) is 0 Å². The highest BCUT2D eigenvalue weighted by molar-refractivity contribution is 5.88. The largest absolute Gasteiger partial charge is 0.507 e. The van der Waals surface area contributed by atoms with Gasteiger partial charge in [0.25, 0.3) is 0 Å². The second-order valence-electron chi connectivity index (χ2n) is 18.6. The molecule has 0 saturated heterocycles. The molecular weight excluding hydrogens is 941 g/mol. The van der Waals surface area contributed by atoms with E-state index in [4.69, 9.17) is 28.5 Å². The van der Waals surface area contributed by atoms with Crippen molar-refractivity contribution in [2.45, 2.75) is 148 Å². The highest BCUT2D eigenvalue weighted by atomic mass is 16.5. The molecule has 6 rings (SSSR count). The number of phenols is 8. The number of aromatic hydroxyl groups is 8. The molecule has 0 aliphatic heterocycles. The Kier molecular flexibility index (Phi) is 22.7. The van der Waals surface area contributed by atoms with Crippen molar-refractivity contribution in [2.24, 2.45) is 0 Å². The zero-order valence-electron chi connectivity index (χ0n) is 42.2. The van der Waals surface area contributed by atoms with Crippen LogP contribution in [-0.2, 0) is 12.8 Å². The van der Waals surface area contributed by atoms with Crippen LogP contribution in [0.25, 0.3) is 44.6 Å². The molecule has 0 atom stereocenters. The number of phenolic OH excluding ortho intramolecular Hbond substituents is 8. The Morgan fingerprint density at radius 2 is 0.671 bits per heavy atom. The van der Waals surface area contributed by atoms with Crippen LogP contribution in [-0.4, -0.2) is 78.5 Å². The van der Waals surface area contributed by atoms with Crippen molar-refractivity contribution >= 4 is 21.9 Å². The topological polar surface area (TPSA) is 281 Å². The summed E-state index contributed by atoms with van der Waals surface area (Å²) in [5.41, 5.74) is 0.594. The molecule has 0 unspecified atom stereocenters. The van der Waals surface area contributed by atoms with Gasteiger partial charge in [0.15, 0.2) is 33.9 Å². The number of hydrogen-bond donors (Lipinski definition) is 10. The normalized spacial score (nSPS) is 11.3. The third kappa shape index (κ3) is 15.9. The van der Waals surface area contributed by atoms with Crippen molar-refractivity contribution in [3.05, 3.63) is 80.1 Å². The maximum atomic E-state index is 12.8. The number of aliphatic hydroxyl groups excluding tert-OH is 2. The molecule has 0 amide bonds. The standard InChI is InChI=1S/C29H38O8.C28H36O8/c1-36-19-15-22(31)27-23(32)18-25(37-26(27)16-19)21-17-24(33)29(35)28(34)20(21)13-11-9-7-5-3-2-4-6-8-10-12-14-30;1-35-18-14-21(30)26-22(31)17-24(36-25(26)15-18)20-16-23(32)28(34)27(33)19(20)12-10-8-6-4-2-3-5-7-9-11-13-29/h15-18,30-31,33-35H,2-14H2,1H3;14-17,29-30,32-34H,2-13H2,1H3. The van der Waals surface area contributed by atoms with Crippen LogP contribution in [0.4, 0.5) is 0 Å². The molecular formula is C57H74O16. The number of rotatable bonds is 29. The van der Waals surface area contributed by atoms with E-state index in [0.717, 1.165) is 89.9 Å². The molecule has 16 nitrogen and oxygen atoms in total. The Balaban J connectivity index is 0.000000271. The number of benzene rings is 4. The minimum absolute atomic E-state index is 0.00159. The monoisotopic (exact) mass is 1010 g/mol. The first-order valence-corrected chi connectivity index (χ1v) is 25.7. The van der Waals surface area contributed by atoms with Gasteiger partial charge in [0, 0.05) is 71.9 Å². The highest BCUT2D eigenvalue weighted by Gasteiger charge is 2.23. The molecule has 0 bridgehead atoms. The van der Waals surface area contributed by atoms with Crippen molar-refractivity contribution in [1.82, 2.24) is 0 Å². The van der Waals surface area contributed by atoms with Gasteiger partial charge in [-0.1, -0.05) is 109 Å². The van der Waals surface area contributed by atoms with Gasteiger partial charge in [-0.3, -0.25) is 9.59 Å². The summed E-state index contributed by atoms with van der Waals surface area (Å²) in [5, 5.41) is 99.8. The summed E-state index contributed by atoms with van der Waals surface area (Å²) in [5.74, 6) is -2.88. The Morgan fingerprint density at radius 1 is 0.370 bits per heavy atom. The van der Waals surface area contributed by atoms with E-state index >= 15 is 0 Å². The van der Waals surface area contributed by atoms with Gasteiger partial charge < -0.3 is 69.4 Å². The van der Waals surface area contributed by atoms with Gasteiger partial charge in [-0.05, 0) is 50.7 Å². The minimum atomic E-state index is -0.614. The molecule has 0 aliphatic carbocycles. The second-order valence-corrected chi connectivity index (χ2v) is 18.6. The molecule has 16 heteroatoms. The molecule has 2 heterocycles. The minimum Gasteiger partial charge on any atom is -0.507 e. The van der Waals surface area contributed by atoms with E-state index in [2.05, 4.69) is 0 Å². The van der Waals surface area contributed by atoms with Crippen LogP contribution >= 0.6 is 0 Å². The van der Waals surface area contributed by atoms with Crippen molar-refractivity contribution in [1.29, 1.82) is 0 Å². The molecule has 10 N–H and O–H groups in total. The van der Waals surface area contributed by atoms with Gasteiger partial charge in [0.2, 0.25) is 11.5 Å². The number of ether oxygens (including phenoxy) is 2. The number of hydrogen-bond acceptors (Lipinski definition) is 16.